The van der Waals surface area contributed by atoms with Crippen molar-refractivity contribution in [2.45, 2.75) is 25.9 Å². The summed E-state index contributed by atoms with van der Waals surface area (Å²) in [5, 5.41) is 2.61. The van der Waals surface area contributed by atoms with E-state index in [1.807, 2.05) is 0 Å². The summed E-state index contributed by atoms with van der Waals surface area (Å²) in [5.74, 6) is -2.94. The average molecular weight is 441 g/mol. The van der Waals surface area contributed by atoms with Crippen molar-refractivity contribution < 1.29 is 28.3 Å². The number of rotatable bonds is 6. The molecule has 1 aliphatic rings. The lowest BCUT2D eigenvalue weighted by Crippen LogP contribution is -2.44. The van der Waals surface area contributed by atoms with Gasteiger partial charge < -0.3 is 20.7 Å². The highest BCUT2D eigenvalue weighted by Crippen LogP contribution is 2.21. The SMILES string of the molecule is CC(OC(=O)C1CCCN(C(=O)c2ccc(F)cc2)C1)C(=O)Nc1ccc(C(N)=O)cc1. The quantitative estimate of drug-likeness (QED) is 0.667. The van der Waals surface area contributed by atoms with E-state index in [1.165, 1.54) is 60.4 Å². The third-order valence-electron chi connectivity index (χ3n) is 5.23. The van der Waals surface area contributed by atoms with Crippen molar-refractivity contribution in [3.05, 3.63) is 65.5 Å². The normalized spacial score (nSPS) is 16.7. The zero-order chi connectivity index (χ0) is 23.3. The van der Waals surface area contributed by atoms with Gasteiger partial charge in [0.1, 0.15) is 5.82 Å². The third-order valence-corrected chi connectivity index (χ3v) is 5.23. The number of hydrogen-bond donors (Lipinski definition) is 2. The van der Waals surface area contributed by atoms with Gasteiger partial charge in [0.05, 0.1) is 5.92 Å². The maximum Gasteiger partial charge on any atom is 0.311 e. The van der Waals surface area contributed by atoms with Gasteiger partial charge in [0, 0.05) is 29.9 Å². The number of nitrogens with one attached hydrogen (secondary N) is 1. The van der Waals surface area contributed by atoms with Gasteiger partial charge in [0.15, 0.2) is 6.10 Å². The van der Waals surface area contributed by atoms with E-state index in [1.54, 1.807) is 0 Å². The molecular formula is C23H24FN3O5. The van der Waals surface area contributed by atoms with Crippen molar-refractivity contribution in [3.8, 4) is 0 Å². The second kappa shape index (κ2) is 10.0. The van der Waals surface area contributed by atoms with E-state index in [9.17, 15) is 23.6 Å². The van der Waals surface area contributed by atoms with Crippen LogP contribution >= 0.6 is 0 Å². The smallest absolute Gasteiger partial charge is 0.311 e. The van der Waals surface area contributed by atoms with Crippen LogP contribution in [-0.2, 0) is 14.3 Å². The molecule has 0 aromatic heterocycles. The standard InChI is InChI=1S/C23H24FN3O5/c1-14(21(29)26-19-10-6-15(7-11-19)20(25)28)32-23(31)17-3-2-12-27(13-17)22(30)16-4-8-18(24)9-5-16/h4-11,14,17H,2-3,12-13H2,1H3,(H2,25,28)(H,26,29). The summed E-state index contributed by atoms with van der Waals surface area (Å²) < 4.78 is 18.4. The number of piperidine rings is 1. The molecule has 0 spiro atoms. The van der Waals surface area contributed by atoms with Gasteiger partial charge in [-0.3, -0.25) is 19.2 Å². The van der Waals surface area contributed by atoms with Gasteiger partial charge in [-0.05, 0) is 68.3 Å². The molecule has 1 saturated heterocycles. The van der Waals surface area contributed by atoms with Crippen LogP contribution in [0, 0.1) is 11.7 Å². The topological polar surface area (TPSA) is 119 Å². The maximum atomic E-state index is 13.1. The second-order valence-corrected chi connectivity index (χ2v) is 7.61. The molecule has 3 rings (SSSR count). The first-order chi connectivity index (χ1) is 15.2. The number of likely N-dealkylation sites (tertiary alicyclic amines) is 1. The van der Waals surface area contributed by atoms with Crippen LogP contribution in [0.15, 0.2) is 48.5 Å². The molecule has 3 N–H and O–H groups in total. The molecule has 32 heavy (non-hydrogen) atoms. The first-order valence-electron chi connectivity index (χ1n) is 10.2. The van der Waals surface area contributed by atoms with E-state index >= 15 is 0 Å². The predicted molar refractivity (Wildman–Crippen MR) is 114 cm³/mol. The van der Waals surface area contributed by atoms with Crippen LogP contribution in [0.4, 0.5) is 10.1 Å². The molecule has 1 heterocycles. The Morgan fingerprint density at radius 3 is 2.31 bits per heavy atom. The van der Waals surface area contributed by atoms with Gasteiger partial charge in [-0.15, -0.1) is 0 Å². The summed E-state index contributed by atoms with van der Waals surface area (Å²) in [4.78, 5) is 50.2. The molecule has 3 amide bonds. The van der Waals surface area contributed by atoms with E-state index in [4.69, 9.17) is 10.5 Å². The Kier molecular flexibility index (Phi) is 7.19. The van der Waals surface area contributed by atoms with Crippen LogP contribution in [0.5, 0.6) is 0 Å². The predicted octanol–water partition coefficient (Wildman–Crippen LogP) is 2.35. The van der Waals surface area contributed by atoms with E-state index in [2.05, 4.69) is 5.32 Å². The summed E-state index contributed by atoms with van der Waals surface area (Å²) >= 11 is 0. The summed E-state index contributed by atoms with van der Waals surface area (Å²) in [6, 6.07) is 11.2. The first kappa shape index (κ1) is 22.9. The minimum Gasteiger partial charge on any atom is -0.452 e. The Morgan fingerprint density at radius 1 is 1.06 bits per heavy atom. The lowest BCUT2D eigenvalue weighted by Gasteiger charge is -2.32. The van der Waals surface area contributed by atoms with Crippen molar-refractivity contribution in [3.63, 3.8) is 0 Å². The minimum atomic E-state index is -1.05. The molecule has 1 aliphatic heterocycles. The number of amides is 3. The minimum absolute atomic E-state index is 0.165. The van der Waals surface area contributed by atoms with Crippen LogP contribution in [0.3, 0.4) is 0 Å². The average Bonchev–Trinajstić information content (AvgIpc) is 2.79. The highest BCUT2D eigenvalue weighted by molar-refractivity contribution is 5.97. The van der Waals surface area contributed by atoms with Gasteiger partial charge in [-0.2, -0.15) is 0 Å². The van der Waals surface area contributed by atoms with Gasteiger partial charge in [0.2, 0.25) is 5.91 Å². The van der Waals surface area contributed by atoms with E-state index in [-0.39, 0.29) is 12.5 Å². The highest BCUT2D eigenvalue weighted by Gasteiger charge is 2.31. The Balaban J connectivity index is 1.54. The van der Waals surface area contributed by atoms with E-state index in [0.717, 1.165) is 0 Å². The second-order valence-electron chi connectivity index (χ2n) is 7.61. The molecular weight excluding hydrogens is 417 g/mol. The number of ether oxygens (including phenoxy) is 1. The van der Waals surface area contributed by atoms with Crippen LogP contribution in [0.2, 0.25) is 0 Å². The monoisotopic (exact) mass is 441 g/mol. The third kappa shape index (κ3) is 5.69. The number of anilines is 1. The maximum absolute atomic E-state index is 13.1. The Labute approximate surface area is 184 Å². The molecule has 0 aliphatic carbocycles. The molecule has 0 bridgehead atoms. The molecule has 2 aromatic rings. The molecule has 2 unspecified atom stereocenters. The number of benzene rings is 2. The molecule has 2 atom stereocenters. The zero-order valence-corrected chi connectivity index (χ0v) is 17.5. The largest absolute Gasteiger partial charge is 0.452 e. The summed E-state index contributed by atoms with van der Waals surface area (Å²) in [5.41, 5.74) is 6.26. The van der Waals surface area contributed by atoms with Crippen molar-refractivity contribution in [1.29, 1.82) is 0 Å². The van der Waals surface area contributed by atoms with Crippen LogP contribution in [-0.4, -0.2) is 47.8 Å². The molecule has 2 aromatic carbocycles. The van der Waals surface area contributed by atoms with Crippen molar-refractivity contribution in [1.82, 2.24) is 4.90 Å². The van der Waals surface area contributed by atoms with Crippen molar-refractivity contribution >= 4 is 29.4 Å². The highest BCUT2D eigenvalue weighted by atomic mass is 19.1. The van der Waals surface area contributed by atoms with Gasteiger partial charge in [-0.1, -0.05) is 0 Å². The number of primary amides is 1. The Hall–Kier alpha value is -3.75. The fourth-order valence-electron chi connectivity index (χ4n) is 3.41. The van der Waals surface area contributed by atoms with Gasteiger partial charge in [0.25, 0.3) is 11.8 Å². The lowest BCUT2D eigenvalue weighted by molar-refractivity contribution is -0.158. The van der Waals surface area contributed by atoms with Gasteiger partial charge >= 0.3 is 5.97 Å². The number of carbonyl (C=O) groups is 4. The molecule has 0 radical (unpaired) electrons. The number of carbonyl (C=O) groups excluding carboxylic acids is 4. The zero-order valence-electron chi connectivity index (χ0n) is 17.5. The summed E-state index contributed by atoms with van der Waals surface area (Å²) in [7, 11) is 0. The first-order valence-corrected chi connectivity index (χ1v) is 10.2. The van der Waals surface area contributed by atoms with Crippen molar-refractivity contribution in [2.24, 2.45) is 11.7 Å². The van der Waals surface area contributed by atoms with Crippen LogP contribution < -0.4 is 11.1 Å². The number of esters is 1. The number of hydrogen-bond acceptors (Lipinski definition) is 5. The number of halogens is 1. The molecule has 0 saturated carbocycles. The van der Waals surface area contributed by atoms with Crippen molar-refractivity contribution in [2.75, 3.05) is 18.4 Å². The fourth-order valence-corrected chi connectivity index (χ4v) is 3.41. The fraction of sp³-hybridized carbons (Fsp3) is 0.304. The summed E-state index contributed by atoms with van der Waals surface area (Å²) in [6.07, 6.45) is 0.0931. The molecule has 9 heteroatoms. The Bertz CT molecular complexity index is 1010. The number of nitrogens with two attached hydrogens (primary N) is 1. The Morgan fingerprint density at radius 2 is 1.69 bits per heavy atom. The van der Waals surface area contributed by atoms with Crippen LogP contribution in [0.1, 0.15) is 40.5 Å². The van der Waals surface area contributed by atoms with Gasteiger partial charge in [-0.25, -0.2) is 4.39 Å². The van der Waals surface area contributed by atoms with Crippen LogP contribution in [0.25, 0.3) is 0 Å². The molecule has 8 nitrogen and oxygen atoms in total. The van der Waals surface area contributed by atoms with E-state index < -0.39 is 35.6 Å². The lowest BCUT2D eigenvalue weighted by atomic mass is 9.97. The van der Waals surface area contributed by atoms with E-state index in [0.29, 0.717) is 36.2 Å². The molecule has 1 fully saturated rings. The summed E-state index contributed by atoms with van der Waals surface area (Å²) in [6.45, 7) is 2.10. The molecule has 168 valence electrons. The number of nitrogens with zero attached hydrogens (tertiary/aromatic N) is 1.